The second kappa shape index (κ2) is 5.55. The Kier molecular flexibility index (Phi) is 3.10. The maximum Gasteiger partial charge on any atom is 0.280 e. The van der Waals surface area contributed by atoms with E-state index in [0.29, 0.717) is 18.2 Å². The van der Waals surface area contributed by atoms with Gasteiger partial charge in [0.1, 0.15) is 6.04 Å². The molecular weight excluding hydrogens is 350 g/mol. The van der Waals surface area contributed by atoms with Crippen molar-refractivity contribution in [2.75, 3.05) is 11.9 Å². The number of nitrogens with zero attached hydrogens (tertiary/aromatic N) is 5. The van der Waals surface area contributed by atoms with Crippen LogP contribution < -0.4 is 4.90 Å². The van der Waals surface area contributed by atoms with Crippen LogP contribution in [0.2, 0.25) is 0 Å². The summed E-state index contributed by atoms with van der Waals surface area (Å²) in [4.78, 5) is 26.6. The van der Waals surface area contributed by atoms with Crippen LogP contribution in [0, 0.1) is 0 Å². The Hall–Kier alpha value is -3.41. The minimum absolute atomic E-state index is 0.0494. The zero-order valence-corrected chi connectivity index (χ0v) is 15.5. The summed E-state index contributed by atoms with van der Waals surface area (Å²) in [5.41, 5.74) is 4.39. The standard InChI is InChI=1S/C22H19N5O/c1-25-21(28)19-20(23-13-26(19)12-14-7-3-2-4-8-14)27-17-11-15-9-5-6-10-16(15)18(17)24-22(25)27/h2-10,13,17-18H,11-12H2,1H3/t17-,18+/m1/s1. The lowest BCUT2D eigenvalue weighted by molar-refractivity contribution is 0.0855. The molecule has 0 radical (unpaired) electrons. The second-order valence-electron chi connectivity index (χ2n) is 7.61. The number of rotatable bonds is 2. The third kappa shape index (κ3) is 2.00. The van der Waals surface area contributed by atoms with E-state index in [2.05, 4.69) is 46.3 Å². The summed E-state index contributed by atoms with van der Waals surface area (Å²) >= 11 is 0. The molecule has 1 aromatic heterocycles. The minimum atomic E-state index is -0.0494. The Morgan fingerprint density at radius 3 is 2.71 bits per heavy atom. The van der Waals surface area contributed by atoms with Crippen molar-refractivity contribution in [1.29, 1.82) is 0 Å². The first-order chi connectivity index (χ1) is 13.7. The van der Waals surface area contributed by atoms with Gasteiger partial charge in [-0.3, -0.25) is 14.6 Å². The van der Waals surface area contributed by atoms with Crippen molar-refractivity contribution in [1.82, 2.24) is 14.5 Å². The number of imidazole rings is 1. The summed E-state index contributed by atoms with van der Waals surface area (Å²) in [5, 5.41) is 0. The highest BCUT2D eigenvalue weighted by molar-refractivity contribution is 6.18. The third-order valence-corrected chi connectivity index (χ3v) is 6.02. The summed E-state index contributed by atoms with van der Waals surface area (Å²) in [6.07, 6.45) is 2.70. The molecule has 2 aliphatic heterocycles. The topological polar surface area (TPSA) is 53.7 Å². The van der Waals surface area contributed by atoms with Crippen LogP contribution >= 0.6 is 0 Å². The lowest BCUT2D eigenvalue weighted by atomic mass is 10.1. The van der Waals surface area contributed by atoms with E-state index in [1.54, 1.807) is 11.2 Å². The summed E-state index contributed by atoms with van der Waals surface area (Å²) in [6.45, 7) is 0.622. The molecule has 138 valence electrons. The molecule has 1 aliphatic carbocycles. The van der Waals surface area contributed by atoms with Crippen LogP contribution in [0.5, 0.6) is 0 Å². The molecule has 28 heavy (non-hydrogen) atoms. The van der Waals surface area contributed by atoms with Crippen LogP contribution in [0.1, 0.15) is 33.2 Å². The molecule has 0 unspecified atom stereocenters. The molecule has 3 aromatic rings. The summed E-state index contributed by atoms with van der Waals surface area (Å²) in [7, 11) is 1.81. The van der Waals surface area contributed by atoms with Gasteiger partial charge in [0.15, 0.2) is 11.5 Å². The fourth-order valence-electron chi connectivity index (χ4n) is 4.69. The van der Waals surface area contributed by atoms with Crippen LogP contribution in [0.3, 0.4) is 0 Å². The number of guanidine groups is 1. The fourth-order valence-corrected chi connectivity index (χ4v) is 4.69. The summed E-state index contributed by atoms with van der Waals surface area (Å²) in [6, 6.07) is 18.9. The van der Waals surface area contributed by atoms with Crippen molar-refractivity contribution in [3.8, 4) is 0 Å². The number of carbonyl (C=O) groups is 1. The quantitative estimate of drug-likeness (QED) is 0.698. The molecule has 1 amide bonds. The fraction of sp³-hybridized carbons (Fsp3) is 0.227. The third-order valence-electron chi connectivity index (χ3n) is 6.02. The van der Waals surface area contributed by atoms with Gasteiger partial charge in [-0.25, -0.2) is 9.98 Å². The number of hydrogen-bond donors (Lipinski definition) is 0. The Labute approximate surface area is 162 Å². The molecule has 2 atom stereocenters. The summed E-state index contributed by atoms with van der Waals surface area (Å²) in [5.74, 6) is 1.40. The van der Waals surface area contributed by atoms with Gasteiger partial charge in [0.2, 0.25) is 5.96 Å². The van der Waals surface area contributed by atoms with Crippen molar-refractivity contribution in [2.24, 2.45) is 4.99 Å². The van der Waals surface area contributed by atoms with Crippen LogP contribution in [-0.2, 0) is 13.0 Å². The second-order valence-corrected chi connectivity index (χ2v) is 7.61. The van der Waals surface area contributed by atoms with E-state index in [1.807, 2.05) is 29.8 Å². The van der Waals surface area contributed by atoms with Gasteiger partial charge in [-0.05, 0) is 23.1 Å². The van der Waals surface area contributed by atoms with Gasteiger partial charge in [-0.1, -0.05) is 54.6 Å². The highest BCUT2D eigenvalue weighted by Gasteiger charge is 2.50. The average Bonchev–Trinajstić information content (AvgIpc) is 3.39. The zero-order chi connectivity index (χ0) is 18.8. The Morgan fingerprint density at radius 1 is 1.07 bits per heavy atom. The van der Waals surface area contributed by atoms with Gasteiger partial charge in [-0.2, -0.15) is 0 Å². The molecule has 6 rings (SSSR count). The molecule has 0 fully saturated rings. The number of aromatic nitrogens is 2. The van der Waals surface area contributed by atoms with Gasteiger partial charge in [-0.15, -0.1) is 0 Å². The molecule has 2 aromatic carbocycles. The van der Waals surface area contributed by atoms with Crippen LogP contribution in [0.25, 0.3) is 0 Å². The summed E-state index contributed by atoms with van der Waals surface area (Å²) < 4.78 is 1.95. The molecule has 0 N–H and O–H groups in total. The monoisotopic (exact) mass is 369 g/mol. The molecule has 6 nitrogen and oxygen atoms in total. The van der Waals surface area contributed by atoms with Crippen molar-refractivity contribution in [2.45, 2.75) is 25.0 Å². The van der Waals surface area contributed by atoms with Crippen molar-refractivity contribution in [3.05, 3.63) is 83.3 Å². The van der Waals surface area contributed by atoms with E-state index >= 15 is 0 Å². The number of carbonyl (C=O) groups excluding carboxylic acids is 1. The number of anilines is 1. The molecular formula is C22H19N5O. The van der Waals surface area contributed by atoms with E-state index in [4.69, 9.17) is 4.99 Å². The number of hydrogen-bond acceptors (Lipinski definition) is 4. The zero-order valence-electron chi connectivity index (χ0n) is 15.5. The van der Waals surface area contributed by atoms with Gasteiger partial charge < -0.3 is 4.57 Å². The SMILES string of the molecule is CN1C(=O)c2c(ncn2Cc2ccccc2)N2C1=N[C@H]1c3ccccc3C[C@H]12. The van der Waals surface area contributed by atoms with E-state index < -0.39 is 0 Å². The minimum Gasteiger partial charge on any atom is -0.320 e. The Morgan fingerprint density at radius 2 is 1.86 bits per heavy atom. The Balaban J connectivity index is 1.45. The number of benzene rings is 2. The highest BCUT2D eigenvalue weighted by atomic mass is 16.2. The predicted molar refractivity (Wildman–Crippen MR) is 106 cm³/mol. The van der Waals surface area contributed by atoms with Crippen LogP contribution in [0.4, 0.5) is 5.82 Å². The van der Waals surface area contributed by atoms with Gasteiger partial charge in [0.25, 0.3) is 5.91 Å². The molecule has 6 heteroatoms. The lowest BCUT2D eigenvalue weighted by Crippen LogP contribution is -2.52. The van der Waals surface area contributed by atoms with Crippen molar-refractivity contribution < 1.29 is 4.79 Å². The molecule has 3 heterocycles. The van der Waals surface area contributed by atoms with E-state index in [9.17, 15) is 4.79 Å². The lowest BCUT2D eigenvalue weighted by Gasteiger charge is -2.34. The molecule has 0 bridgehead atoms. The number of aliphatic imine (C=N–C) groups is 1. The van der Waals surface area contributed by atoms with E-state index in [1.165, 1.54) is 11.1 Å². The van der Waals surface area contributed by atoms with Gasteiger partial charge >= 0.3 is 0 Å². The average molecular weight is 369 g/mol. The first kappa shape index (κ1) is 15.6. The van der Waals surface area contributed by atoms with Gasteiger partial charge in [0.05, 0.1) is 12.4 Å². The molecule has 0 saturated heterocycles. The Bertz CT molecular complexity index is 1130. The number of amides is 1. The maximum atomic E-state index is 13.2. The van der Waals surface area contributed by atoms with Crippen LogP contribution in [0.15, 0.2) is 65.9 Å². The smallest absolute Gasteiger partial charge is 0.280 e. The van der Waals surface area contributed by atoms with Crippen LogP contribution in [-0.4, -0.2) is 39.4 Å². The number of fused-ring (bicyclic) bond motifs is 7. The largest absolute Gasteiger partial charge is 0.320 e. The van der Waals surface area contributed by atoms with E-state index in [-0.39, 0.29) is 18.0 Å². The first-order valence-electron chi connectivity index (χ1n) is 9.54. The predicted octanol–water partition coefficient (Wildman–Crippen LogP) is 2.86. The van der Waals surface area contributed by atoms with Gasteiger partial charge in [0, 0.05) is 13.6 Å². The molecule has 0 spiro atoms. The van der Waals surface area contributed by atoms with E-state index in [0.717, 1.165) is 17.8 Å². The van der Waals surface area contributed by atoms with Crippen molar-refractivity contribution in [3.63, 3.8) is 0 Å². The molecule has 3 aliphatic rings. The van der Waals surface area contributed by atoms with Crippen molar-refractivity contribution >= 4 is 17.7 Å². The molecule has 0 saturated carbocycles. The maximum absolute atomic E-state index is 13.2. The first-order valence-corrected chi connectivity index (χ1v) is 9.54. The highest BCUT2D eigenvalue weighted by Crippen LogP contribution is 2.45. The normalized spacial score (nSPS) is 21.9.